The molecule has 0 N–H and O–H groups in total. The summed E-state index contributed by atoms with van der Waals surface area (Å²) in [6.45, 7) is 0.634. The molecule has 0 radical (unpaired) electrons. The van der Waals surface area contributed by atoms with Crippen molar-refractivity contribution in [3.8, 4) is 17.2 Å². The van der Waals surface area contributed by atoms with Crippen molar-refractivity contribution in [1.29, 1.82) is 0 Å². The lowest BCUT2D eigenvalue weighted by Crippen LogP contribution is -2.29. The number of amides is 2. The minimum Gasteiger partial charge on any atom is -0.497 e. The molecular formula is C26H27N5O5S2. The number of thioether (sulfide) groups is 2. The van der Waals surface area contributed by atoms with Gasteiger partial charge >= 0.3 is 0 Å². The number of carbonyl (C=O) groups excluding carboxylic acids is 2. The zero-order valence-electron chi connectivity index (χ0n) is 21.2. The van der Waals surface area contributed by atoms with E-state index in [0.29, 0.717) is 46.8 Å². The van der Waals surface area contributed by atoms with Crippen LogP contribution in [0.2, 0.25) is 0 Å². The molecule has 12 heteroatoms. The number of rotatable bonds is 7. The largest absolute Gasteiger partial charge is 0.497 e. The first-order valence-corrected chi connectivity index (χ1v) is 13.8. The third kappa shape index (κ3) is 5.37. The van der Waals surface area contributed by atoms with Crippen LogP contribution in [0.5, 0.6) is 17.2 Å². The van der Waals surface area contributed by atoms with Crippen molar-refractivity contribution in [2.24, 2.45) is 15.2 Å². The number of hydrogen-bond donors (Lipinski definition) is 0. The molecule has 2 amide bonds. The molecule has 0 unspecified atom stereocenters. The third-order valence-electron chi connectivity index (χ3n) is 6.28. The molecule has 3 heterocycles. The summed E-state index contributed by atoms with van der Waals surface area (Å²) in [5.41, 5.74) is 2.51. The molecule has 5 rings (SSSR count). The first-order chi connectivity index (χ1) is 18.5. The summed E-state index contributed by atoms with van der Waals surface area (Å²) in [6, 6.07) is 12.9. The maximum Gasteiger partial charge on any atom is 0.253 e. The number of fused-ring (bicyclic) bond motifs is 1. The van der Waals surface area contributed by atoms with Crippen LogP contribution in [0.3, 0.4) is 0 Å². The number of benzene rings is 2. The lowest BCUT2D eigenvalue weighted by molar-refractivity contribution is -0.130. The number of methoxy groups -OCH3 is 3. The van der Waals surface area contributed by atoms with Gasteiger partial charge in [0.15, 0.2) is 21.0 Å². The minimum absolute atomic E-state index is 0.128. The monoisotopic (exact) mass is 553 g/mol. The Morgan fingerprint density at radius 1 is 1.08 bits per heavy atom. The Morgan fingerprint density at radius 2 is 1.89 bits per heavy atom. The summed E-state index contributed by atoms with van der Waals surface area (Å²) in [5.74, 6) is 1.73. The molecule has 0 spiro atoms. The summed E-state index contributed by atoms with van der Waals surface area (Å²) >= 11 is 2.63. The van der Waals surface area contributed by atoms with Crippen molar-refractivity contribution >= 4 is 50.6 Å². The maximum atomic E-state index is 13.6. The van der Waals surface area contributed by atoms with Gasteiger partial charge in [-0.15, -0.1) is 0 Å². The number of nitrogens with zero attached hydrogens (tertiary/aromatic N) is 5. The third-order valence-corrected chi connectivity index (χ3v) is 8.35. The van der Waals surface area contributed by atoms with Crippen LogP contribution >= 0.6 is 23.5 Å². The number of aliphatic imine (C=N–C) groups is 1. The molecule has 1 atom stereocenters. The topological polar surface area (TPSA) is 105 Å². The predicted octanol–water partition coefficient (Wildman–Crippen LogP) is 4.12. The number of ether oxygens (including phenoxy) is 3. The van der Waals surface area contributed by atoms with Gasteiger partial charge in [-0.25, -0.2) is 10.0 Å². The summed E-state index contributed by atoms with van der Waals surface area (Å²) < 4.78 is 17.2. The van der Waals surface area contributed by atoms with Crippen molar-refractivity contribution < 1.29 is 23.8 Å². The molecule has 0 saturated carbocycles. The van der Waals surface area contributed by atoms with E-state index in [4.69, 9.17) is 19.3 Å². The SMILES string of the molecule is COc1ccc(C2=NN(C(=O)CSC3=NN4CCCC(=O)N=C4S3)[C@H](c3cccc(OC)c3OC)C2)cc1. The standard InChI is InChI=1S/C26H27N5O5S2/c1-34-17-11-9-16(10-12-17)19-14-20(18-6-4-7-21(35-2)24(18)36-3)31(28-19)23(33)15-37-26-29-30-13-5-8-22(32)27-25(30)38-26/h4,6-7,9-12,20H,5,8,13-15H2,1-3H3/t20-/m0/s1. The van der Waals surface area contributed by atoms with Crippen LogP contribution in [0.25, 0.3) is 0 Å². The number of hydrazone groups is 2. The molecule has 0 saturated heterocycles. The average Bonchev–Trinajstić information content (AvgIpc) is 3.51. The Hall–Kier alpha value is -3.51. The summed E-state index contributed by atoms with van der Waals surface area (Å²) in [4.78, 5) is 29.5. The highest BCUT2D eigenvalue weighted by atomic mass is 32.2. The Kier molecular flexibility index (Phi) is 7.89. The van der Waals surface area contributed by atoms with Gasteiger partial charge in [-0.2, -0.15) is 15.2 Å². The van der Waals surface area contributed by atoms with E-state index in [-0.39, 0.29) is 23.6 Å². The van der Waals surface area contributed by atoms with E-state index < -0.39 is 0 Å². The smallest absolute Gasteiger partial charge is 0.253 e. The van der Waals surface area contributed by atoms with Crippen LogP contribution in [0.15, 0.2) is 57.7 Å². The van der Waals surface area contributed by atoms with Gasteiger partial charge in [0.1, 0.15) is 5.75 Å². The maximum absolute atomic E-state index is 13.6. The van der Waals surface area contributed by atoms with Gasteiger partial charge in [0.2, 0.25) is 5.91 Å². The minimum atomic E-state index is -0.375. The van der Waals surface area contributed by atoms with Gasteiger partial charge in [-0.1, -0.05) is 23.9 Å². The highest BCUT2D eigenvalue weighted by Gasteiger charge is 2.36. The molecule has 0 fully saturated rings. The average molecular weight is 554 g/mol. The Bertz CT molecular complexity index is 1330. The second-order valence-electron chi connectivity index (χ2n) is 8.59. The van der Waals surface area contributed by atoms with E-state index in [1.54, 1.807) is 26.3 Å². The normalized spacial score (nSPS) is 18.9. The van der Waals surface area contributed by atoms with E-state index in [9.17, 15) is 9.59 Å². The van der Waals surface area contributed by atoms with Gasteiger partial charge in [0.05, 0.1) is 38.8 Å². The summed E-state index contributed by atoms with van der Waals surface area (Å²) in [7, 11) is 4.79. The highest BCUT2D eigenvalue weighted by molar-refractivity contribution is 8.45. The zero-order valence-corrected chi connectivity index (χ0v) is 22.9. The van der Waals surface area contributed by atoms with Crippen molar-refractivity contribution in [1.82, 2.24) is 10.0 Å². The lowest BCUT2D eigenvalue weighted by Gasteiger charge is -2.24. The van der Waals surface area contributed by atoms with Gasteiger partial charge in [0, 0.05) is 24.9 Å². The van der Waals surface area contributed by atoms with E-state index in [1.165, 1.54) is 28.5 Å². The number of para-hydroxylation sites is 1. The van der Waals surface area contributed by atoms with Crippen molar-refractivity contribution in [2.75, 3.05) is 33.6 Å². The van der Waals surface area contributed by atoms with Crippen LogP contribution in [0.1, 0.15) is 36.4 Å². The molecule has 198 valence electrons. The lowest BCUT2D eigenvalue weighted by atomic mass is 9.97. The van der Waals surface area contributed by atoms with Crippen LogP contribution in [-0.4, -0.2) is 70.7 Å². The molecule has 0 aromatic heterocycles. The zero-order chi connectivity index (χ0) is 26.6. The molecule has 10 nitrogen and oxygen atoms in total. The molecule has 3 aliphatic rings. The van der Waals surface area contributed by atoms with Crippen LogP contribution in [-0.2, 0) is 9.59 Å². The van der Waals surface area contributed by atoms with E-state index in [1.807, 2.05) is 42.5 Å². The second kappa shape index (κ2) is 11.5. The van der Waals surface area contributed by atoms with E-state index >= 15 is 0 Å². The van der Waals surface area contributed by atoms with Crippen LogP contribution < -0.4 is 14.2 Å². The Labute approximate surface area is 229 Å². The van der Waals surface area contributed by atoms with Gasteiger partial charge in [0.25, 0.3) is 5.91 Å². The quantitative estimate of drug-likeness (QED) is 0.504. The number of amidine groups is 1. The number of hydrogen-bond acceptors (Lipinski definition) is 10. The molecule has 0 bridgehead atoms. The fraction of sp³-hybridized carbons (Fsp3) is 0.346. The molecule has 0 aliphatic carbocycles. The molecular weight excluding hydrogens is 526 g/mol. The number of carbonyl (C=O) groups is 2. The van der Waals surface area contributed by atoms with E-state index in [0.717, 1.165) is 22.6 Å². The molecule has 2 aromatic carbocycles. The second-order valence-corrected chi connectivity index (χ2v) is 10.8. The van der Waals surface area contributed by atoms with Crippen molar-refractivity contribution in [3.63, 3.8) is 0 Å². The summed E-state index contributed by atoms with van der Waals surface area (Å²) in [5, 5.41) is 13.2. The highest BCUT2D eigenvalue weighted by Crippen LogP contribution is 2.42. The fourth-order valence-electron chi connectivity index (χ4n) is 4.42. The molecule has 2 aromatic rings. The van der Waals surface area contributed by atoms with Gasteiger partial charge in [-0.05, 0) is 54.1 Å². The first kappa shape index (κ1) is 26.1. The molecule has 38 heavy (non-hydrogen) atoms. The summed E-state index contributed by atoms with van der Waals surface area (Å²) in [6.07, 6.45) is 1.64. The van der Waals surface area contributed by atoms with Crippen LogP contribution in [0.4, 0.5) is 0 Å². The van der Waals surface area contributed by atoms with Crippen molar-refractivity contribution in [2.45, 2.75) is 25.3 Å². The van der Waals surface area contributed by atoms with Crippen LogP contribution in [0, 0.1) is 0 Å². The molecule has 3 aliphatic heterocycles. The van der Waals surface area contributed by atoms with Crippen molar-refractivity contribution in [3.05, 3.63) is 53.6 Å². The van der Waals surface area contributed by atoms with Gasteiger partial charge in [-0.3, -0.25) is 9.59 Å². The Balaban J connectivity index is 1.39. The predicted molar refractivity (Wildman–Crippen MR) is 149 cm³/mol. The van der Waals surface area contributed by atoms with Gasteiger partial charge < -0.3 is 14.2 Å². The Morgan fingerprint density at radius 3 is 2.63 bits per heavy atom. The fourth-order valence-corrected chi connectivity index (χ4v) is 6.28. The van der Waals surface area contributed by atoms with E-state index in [2.05, 4.69) is 10.1 Å². The first-order valence-electron chi connectivity index (χ1n) is 12.0.